The number of sulfonamides is 1. The second-order valence-electron chi connectivity index (χ2n) is 6.15. The maximum atomic E-state index is 13.2. The summed E-state index contributed by atoms with van der Waals surface area (Å²) in [6.07, 6.45) is -3.95. The van der Waals surface area contributed by atoms with E-state index in [0.717, 1.165) is 29.2 Å². The minimum Gasteiger partial charge on any atom is -0.311 e. The van der Waals surface area contributed by atoms with Gasteiger partial charge in [-0.1, -0.05) is 12.1 Å². The van der Waals surface area contributed by atoms with E-state index in [4.69, 9.17) is 0 Å². The molecule has 0 unspecified atom stereocenters. The minimum atomic E-state index is -4.70. The lowest BCUT2D eigenvalue weighted by Gasteiger charge is -2.22. The Morgan fingerprint density at radius 1 is 1.18 bits per heavy atom. The van der Waals surface area contributed by atoms with Gasteiger partial charge in [-0.15, -0.1) is 11.8 Å². The third-order valence-corrected chi connectivity index (χ3v) is 6.68. The maximum Gasteiger partial charge on any atom is 0.418 e. The van der Waals surface area contributed by atoms with Crippen molar-refractivity contribution in [2.45, 2.75) is 29.3 Å². The van der Waals surface area contributed by atoms with Crippen molar-refractivity contribution >= 4 is 39.1 Å². The second kappa shape index (κ2) is 7.67. The molecule has 1 aliphatic heterocycles. The summed E-state index contributed by atoms with van der Waals surface area (Å²) in [5, 5.41) is 0. The zero-order valence-corrected chi connectivity index (χ0v) is 16.4. The molecule has 3 rings (SSSR count). The van der Waals surface area contributed by atoms with Crippen LogP contribution < -0.4 is 9.62 Å². The van der Waals surface area contributed by atoms with E-state index in [1.807, 2.05) is 4.72 Å². The van der Waals surface area contributed by atoms with Gasteiger partial charge in [0.2, 0.25) is 5.91 Å². The predicted molar refractivity (Wildman–Crippen MR) is 102 cm³/mol. The molecule has 0 atom stereocenters. The summed E-state index contributed by atoms with van der Waals surface area (Å²) in [7, 11) is -4.29. The zero-order valence-electron chi connectivity index (χ0n) is 14.8. The van der Waals surface area contributed by atoms with Crippen molar-refractivity contribution in [3.05, 3.63) is 48.0 Å². The molecule has 1 aliphatic rings. The molecular weight excluding hydrogens is 413 g/mol. The van der Waals surface area contributed by atoms with Gasteiger partial charge in [-0.25, -0.2) is 8.42 Å². The quantitative estimate of drug-likeness (QED) is 0.786. The third-order valence-electron chi connectivity index (χ3n) is 4.17. The highest BCUT2D eigenvalue weighted by Gasteiger charge is 2.34. The molecule has 1 heterocycles. The Kier molecular flexibility index (Phi) is 5.62. The van der Waals surface area contributed by atoms with E-state index in [2.05, 4.69) is 0 Å². The molecule has 0 saturated heterocycles. The first-order valence-corrected chi connectivity index (χ1v) is 10.8. The Hall–Kier alpha value is -2.20. The molecule has 2 aromatic rings. The van der Waals surface area contributed by atoms with Crippen LogP contribution in [0, 0.1) is 0 Å². The summed E-state index contributed by atoms with van der Waals surface area (Å²) in [6.45, 7) is 1.84. The van der Waals surface area contributed by atoms with E-state index in [1.54, 1.807) is 6.07 Å². The van der Waals surface area contributed by atoms with Crippen LogP contribution in [0.2, 0.25) is 0 Å². The fourth-order valence-electron chi connectivity index (χ4n) is 2.87. The van der Waals surface area contributed by atoms with Gasteiger partial charge in [0, 0.05) is 18.4 Å². The number of thioether (sulfide) groups is 1. The summed E-state index contributed by atoms with van der Waals surface area (Å²) < 4.78 is 67.0. The molecular formula is C18H17F3N2O3S2. The number of nitrogens with zero attached hydrogens (tertiary/aromatic N) is 1. The smallest absolute Gasteiger partial charge is 0.311 e. The highest BCUT2D eigenvalue weighted by molar-refractivity contribution is 7.99. The second-order valence-corrected chi connectivity index (χ2v) is 8.97. The molecule has 28 heavy (non-hydrogen) atoms. The Balaban J connectivity index is 2.01. The highest BCUT2D eigenvalue weighted by atomic mass is 32.2. The summed E-state index contributed by atoms with van der Waals surface area (Å²) in [6, 6.07) is 8.60. The topological polar surface area (TPSA) is 66.5 Å². The van der Waals surface area contributed by atoms with Crippen LogP contribution in [-0.2, 0) is 21.0 Å². The lowest BCUT2D eigenvalue weighted by atomic mass is 10.2. The molecule has 10 heteroatoms. The first-order valence-electron chi connectivity index (χ1n) is 8.33. The summed E-state index contributed by atoms with van der Waals surface area (Å²) in [5.74, 6) is 0.550. The van der Waals surface area contributed by atoms with Crippen LogP contribution in [0.25, 0.3) is 0 Å². The average molecular weight is 430 g/mol. The van der Waals surface area contributed by atoms with E-state index in [-0.39, 0.29) is 10.8 Å². The number of hydrogen-bond donors (Lipinski definition) is 1. The number of alkyl halides is 3. The zero-order chi connectivity index (χ0) is 20.5. The van der Waals surface area contributed by atoms with Crippen LogP contribution in [-0.4, -0.2) is 26.6 Å². The first-order chi connectivity index (χ1) is 13.1. The van der Waals surface area contributed by atoms with Crippen molar-refractivity contribution < 1.29 is 26.4 Å². The number of hydrogen-bond acceptors (Lipinski definition) is 4. The molecule has 0 saturated carbocycles. The van der Waals surface area contributed by atoms with Crippen LogP contribution in [0.4, 0.5) is 24.5 Å². The number of para-hydroxylation sites is 1. The molecule has 0 aromatic heterocycles. The van der Waals surface area contributed by atoms with E-state index in [9.17, 15) is 26.4 Å². The normalized spacial score (nSPS) is 14.9. The van der Waals surface area contributed by atoms with Gasteiger partial charge in [-0.3, -0.25) is 9.52 Å². The maximum absolute atomic E-state index is 13.2. The third kappa shape index (κ3) is 4.27. The lowest BCUT2D eigenvalue weighted by Crippen LogP contribution is -2.29. The number of carbonyl (C=O) groups is 1. The molecule has 0 spiro atoms. The van der Waals surface area contributed by atoms with Gasteiger partial charge < -0.3 is 4.90 Å². The van der Waals surface area contributed by atoms with Crippen LogP contribution in [0.1, 0.15) is 18.9 Å². The summed E-state index contributed by atoms with van der Waals surface area (Å²) in [4.78, 5) is 14.0. The van der Waals surface area contributed by atoms with E-state index < -0.39 is 27.5 Å². The fourth-order valence-corrected chi connectivity index (χ4v) is 4.95. The Bertz CT molecular complexity index is 1010. The Morgan fingerprint density at radius 3 is 2.57 bits per heavy atom. The molecule has 0 aliphatic carbocycles. The monoisotopic (exact) mass is 430 g/mol. The molecule has 0 radical (unpaired) electrons. The summed E-state index contributed by atoms with van der Waals surface area (Å²) in [5.41, 5.74) is -1.18. The van der Waals surface area contributed by atoms with Crippen molar-refractivity contribution in [1.82, 2.24) is 0 Å². The number of anilines is 2. The standard InChI is InChI=1S/C18H17F3N2O3S2/c1-12(24)23-9-4-10-27-17-8-7-13(11-16(17)23)28(25,26)22-15-6-3-2-5-14(15)18(19,20)21/h2-3,5-8,11,22H,4,9-10H2,1H3. The molecule has 0 bridgehead atoms. The number of carbonyl (C=O) groups excluding carboxylic acids is 1. The Morgan fingerprint density at radius 2 is 1.89 bits per heavy atom. The van der Waals surface area contributed by atoms with Crippen LogP contribution in [0.3, 0.4) is 0 Å². The fraction of sp³-hybridized carbons (Fsp3) is 0.278. The summed E-state index contributed by atoms with van der Waals surface area (Å²) >= 11 is 1.50. The van der Waals surface area contributed by atoms with Crippen LogP contribution in [0.5, 0.6) is 0 Å². The van der Waals surface area contributed by atoms with Gasteiger partial charge in [0.1, 0.15) is 0 Å². The Labute approximate surface area is 165 Å². The molecule has 0 fully saturated rings. The van der Waals surface area contributed by atoms with Gasteiger partial charge in [0.15, 0.2) is 0 Å². The number of amides is 1. The van der Waals surface area contributed by atoms with E-state index in [1.165, 1.54) is 47.9 Å². The van der Waals surface area contributed by atoms with Crippen molar-refractivity contribution in [3.8, 4) is 0 Å². The molecule has 2 aromatic carbocycles. The van der Waals surface area contributed by atoms with Crippen LogP contribution in [0.15, 0.2) is 52.3 Å². The molecule has 1 amide bonds. The van der Waals surface area contributed by atoms with Crippen LogP contribution >= 0.6 is 11.8 Å². The van der Waals surface area contributed by atoms with Crippen molar-refractivity contribution in [1.29, 1.82) is 0 Å². The van der Waals surface area contributed by atoms with Crippen molar-refractivity contribution in [3.63, 3.8) is 0 Å². The van der Waals surface area contributed by atoms with E-state index in [0.29, 0.717) is 12.2 Å². The molecule has 150 valence electrons. The number of rotatable bonds is 3. The van der Waals surface area contributed by atoms with Gasteiger partial charge in [-0.05, 0) is 42.5 Å². The number of fused-ring (bicyclic) bond motifs is 1. The highest BCUT2D eigenvalue weighted by Crippen LogP contribution is 2.38. The molecule has 1 N–H and O–H groups in total. The number of benzene rings is 2. The van der Waals surface area contributed by atoms with Gasteiger partial charge in [0.05, 0.1) is 21.8 Å². The van der Waals surface area contributed by atoms with Gasteiger partial charge >= 0.3 is 6.18 Å². The van der Waals surface area contributed by atoms with Crippen molar-refractivity contribution in [2.75, 3.05) is 21.9 Å². The van der Waals surface area contributed by atoms with Gasteiger partial charge in [0.25, 0.3) is 10.0 Å². The number of nitrogens with one attached hydrogen (secondary N) is 1. The average Bonchev–Trinajstić information content (AvgIpc) is 2.82. The molecule has 5 nitrogen and oxygen atoms in total. The first kappa shape index (κ1) is 20.5. The van der Waals surface area contributed by atoms with E-state index >= 15 is 0 Å². The van der Waals surface area contributed by atoms with Gasteiger partial charge in [-0.2, -0.15) is 13.2 Å². The van der Waals surface area contributed by atoms with Crippen molar-refractivity contribution in [2.24, 2.45) is 0 Å². The largest absolute Gasteiger partial charge is 0.418 e. The minimum absolute atomic E-state index is 0.211. The predicted octanol–water partition coefficient (Wildman–Crippen LogP) is 4.35. The SMILES string of the molecule is CC(=O)N1CCCSc2ccc(S(=O)(=O)Nc3ccccc3C(F)(F)F)cc21. The lowest BCUT2D eigenvalue weighted by molar-refractivity contribution is -0.136. The number of halogens is 3.